The molecule has 1 fully saturated rings. The highest BCUT2D eigenvalue weighted by atomic mass is 19.4. The molecule has 0 radical (unpaired) electrons. The van der Waals surface area contributed by atoms with Crippen molar-refractivity contribution in [2.75, 3.05) is 18.0 Å². The number of pyridine rings is 1. The fourth-order valence-corrected chi connectivity index (χ4v) is 2.98. The monoisotopic (exact) mass is 363 g/mol. The molecule has 1 saturated heterocycles. The predicted octanol–water partition coefficient (Wildman–Crippen LogP) is 3.73. The maximum absolute atomic E-state index is 12.6. The number of aromatic nitrogens is 1. The molecular formula is C19H20F3N3O. The van der Waals surface area contributed by atoms with E-state index in [0.717, 1.165) is 29.8 Å². The van der Waals surface area contributed by atoms with Gasteiger partial charge in [0.15, 0.2) is 0 Å². The molecule has 3 rings (SSSR count). The Balaban J connectivity index is 1.61. The lowest BCUT2D eigenvalue weighted by Gasteiger charge is -2.18. The van der Waals surface area contributed by atoms with Crippen LogP contribution in [-0.2, 0) is 6.18 Å². The van der Waals surface area contributed by atoms with E-state index >= 15 is 0 Å². The minimum absolute atomic E-state index is 0.0619. The first-order chi connectivity index (χ1) is 12.2. The van der Waals surface area contributed by atoms with Gasteiger partial charge < -0.3 is 10.2 Å². The van der Waals surface area contributed by atoms with Crippen LogP contribution in [-0.4, -0.2) is 30.0 Å². The molecule has 0 aliphatic carbocycles. The van der Waals surface area contributed by atoms with E-state index < -0.39 is 11.7 Å². The van der Waals surface area contributed by atoms with E-state index in [2.05, 4.69) is 10.3 Å². The van der Waals surface area contributed by atoms with E-state index in [4.69, 9.17) is 0 Å². The van der Waals surface area contributed by atoms with E-state index in [1.165, 1.54) is 6.07 Å². The number of carbonyl (C=O) groups is 1. The zero-order valence-corrected chi connectivity index (χ0v) is 14.6. The van der Waals surface area contributed by atoms with Crippen LogP contribution in [0.1, 0.15) is 33.5 Å². The van der Waals surface area contributed by atoms with E-state index in [9.17, 15) is 18.0 Å². The molecule has 2 aromatic rings. The number of carbonyl (C=O) groups excluding carboxylic acids is 1. The summed E-state index contributed by atoms with van der Waals surface area (Å²) in [5.74, 6) is 0.348. The van der Waals surface area contributed by atoms with Crippen LogP contribution in [0.2, 0.25) is 0 Å². The van der Waals surface area contributed by atoms with Crippen molar-refractivity contribution in [2.45, 2.75) is 32.5 Å². The molecule has 1 N–H and O–H groups in total. The number of anilines is 1. The predicted molar refractivity (Wildman–Crippen MR) is 93.2 cm³/mol. The summed E-state index contributed by atoms with van der Waals surface area (Å²) in [6.45, 7) is 5.10. The molecule has 138 valence electrons. The number of rotatable bonds is 3. The van der Waals surface area contributed by atoms with Gasteiger partial charge in [0.25, 0.3) is 5.91 Å². The van der Waals surface area contributed by atoms with Crippen molar-refractivity contribution in [1.29, 1.82) is 0 Å². The number of nitrogens with one attached hydrogen (secondary N) is 1. The van der Waals surface area contributed by atoms with E-state index in [0.29, 0.717) is 24.5 Å². The van der Waals surface area contributed by atoms with Crippen LogP contribution in [0.4, 0.5) is 19.0 Å². The molecular weight excluding hydrogens is 343 g/mol. The number of amides is 1. The fraction of sp³-hybridized carbons (Fsp3) is 0.368. The van der Waals surface area contributed by atoms with Crippen LogP contribution in [0, 0.1) is 13.8 Å². The van der Waals surface area contributed by atoms with Crippen LogP contribution in [0.25, 0.3) is 0 Å². The zero-order chi connectivity index (χ0) is 18.9. The average Bonchev–Trinajstić information content (AvgIpc) is 3.05. The molecule has 26 heavy (non-hydrogen) atoms. The Morgan fingerprint density at radius 1 is 1.19 bits per heavy atom. The first-order valence-electron chi connectivity index (χ1n) is 8.40. The summed E-state index contributed by atoms with van der Waals surface area (Å²) >= 11 is 0. The van der Waals surface area contributed by atoms with Crippen molar-refractivity contribution in [1.82, 2.24) is 10.3 Å². The van der Waals surface area contributed by atoms with Gasteiger partial charge in [0, 0.05) is 30.9 Å². The SMILES string of the molecule is Cc1ccc(C(=O)NC2CCN(c3ccc(C(F)(F)F)cn3)C2)cc1C. The van der Waals surface area contributed by atoms with Crippen LogP contribution in [0.15, 0.2) is 36.5 Å². The number of halogens is 3. The Morgan fingerprint density at radius 2 is 1.96 bits per heavy atom. The minimum atomic E-state index is -4.39. The van der Waals surface area contributed by atoms with Gasteiger partial charge in [-0.15, -0.1) is 0 Å². The summed E-state index contributed by atoms with van der Waals surface area (Å²) in [5.41, 5.74) is 2.03. The van der Waals surface area contributed by atoms with Gasteiger partial charge in [-0.2, -0.15) is 13.2 Å². The minimum Gasteiger partial charge on any atom is -0.354 e. The number of hydrogen-bond donors (Lipinski definition) is 1. The molecule has 1 aliphatic heterocycles. The molecule has 2 heterocycles. The molecule has 1 amide bonds. The normalized spacial score (nSPS) is 17.4. The Labute approximate surface area is 150 Å². The lowest BCUT2D eigenvalue weighted by molar-refractivity contribution is -0.137. The molecule has 7 heteroatoms. The fourth-order valence-electron chi connectivity index (χ4n) is 2.98. The van der Waals surface area contributed by atoms with Gasteiger partial charge >= 0.3 is 6.18 Å². The summed E-state index contributed by atoms with van der Waals surface area (Å²) in [5, 5.41) is 2.99. The van der Waals surface area contributed by atoms with Crippen LogP contribution >= 0.6 is 0 Å². The van der Waals surface area contributed by atoms with E-state index in [1.54, 1.807) is 6.07 Å². The summed E-state index contributed by atoms with van der Waals surface area (Å²) in [6.07, 6.45) is -2.82. The Hall–Kier alpha value is -2.57. The zero-order valence-electron chi connectivity index (χ0n) is 14.6. The van der Waals surface area contributed by atoms with Gasteiger partial charge in [-0.1, -0.05) is 6.07 Å². The number of hydrogen-bond acceptors (Lipinski definition) is 3. The van der Waals surface area contributed by atoms with Crippen molar-refractivity contribution in [3.05, 3.63) is 58.8 Å². The number of aryl methyl sites for hydroxylation is 2. The standard InChI is InChI=1S/C19H20F3N3O/c1-12-3-4-14(9-13(12)2)18(26)24-16-7-8-25(11-16)17-6-5-15(10-23-17)19(20,21)22/h3-6,9-10,16H,7-8,11H2,1-2H3,(H,24,26). The van der Waals surface area contributed by atoms with Gasteiger partial charge in [-0.25, -0.2) is 4.98 Å². The van der Waals surface area contributed by atoms with Gasteiger partial charge in [-0.3, -0.25) is 4.79 Å². The summed E-state index contributed by atoms with van der Waals surface area (Å²) in [4.78, 5) is 18.2. The summed E-state index contributed by atoms with van der Waals surface area (Å²) in [6, 6.07) is 7.90. The second-order valence-corrected chi connectivity index (χ2v) is 6.61. The van der Waals surface area contributed by atoms with Crippen molar-refractivity contribution >= 4 is 11.7 Å². The third-order valence-electron chi connectivity index (χ3n) is 4.69. The van der Waals surface area contributed by atoms with Gasteiger partial charge in [0.2, 0.25) is 0 Å². The lowest BCUT2D eigenvalue weighted by Crippen LogP contribution is -2.37. The molecule has 0 saturated carbocycles. The summed E-state index contributed by atoms with van der Waals surface area (Å²) in [7, 11) is 0. The highest BCUT2D eigenvalue weighted by Crippen LogP contribution is 2.29. The maximum Gasteiger partial charge on any atom is 0.417 e. The van der Waals surface area contributed by atoms with Crippen molar-refractivity contribution in [2.24, 2.45) is 0 Å². The second-order valence-electron chi connectivity index (χ2n) is 6.61. The Morgan fingerprint density at radius 3 is 2.58 bits per heavy atom. The highest BCUT2D eigenvalue weighted by Gasteiger charge is 2.31. The molecule has 0 bridgehead atoms. The Bertz CT molecular complexity index is 803. The largest absolute Gasteiger partial charge is 0.417 e. The molecule has 1 unspecified atom stereocenters. The number of nitrogens with zero attached hydrogens (tertiary/aromatic N) is 2. The Kier molecular flexibility index (Phi) is 4.89. The third kappa shape index (κ3) is 3.98. The van der Waals surface area contributed by atoms with Gasteiger partial charge in [0.05, 0.1) is 5.56 Å². The molecule has 1 aliphatic rings. The lowest BCUT2D eigenvalue weighted by atomic mass is 10.1. The average molecular weight is 363 g/mol. The first-order valence-corrected chi connectivity index (χ1v) is 8.40. The molecule has 4 nitrogen and oxygen atoms in total. The quantitative estimate of drug-likeness (QED) is 0.904. The van der Waals surface area contributed by atoms with Crippen LogP contribution in [0.3, 0.4) is 0 Å². The summed E-state index contributed by atoms with van der Waals surface area (Å²) < 4.78 is 37.8. The number of alkyl halides is 3. The van der Waals surface area contributed by atoms with E-state index in [1.807, 2.05) is 30.9 Å². The first kappa shape index (κ1) is 18.2. The van der Waals surface area contributed by atoms with E-state index in [-0.39, 0.29) is 11.9 Å². The second kappa shape index (κ2) is 6.97. The molecule has 1 aromatic carbocycles. The molecule has 0 spiro atoms. The molecule has 1 aromatic heterocycles. The van der Waals surface area contributed by atoms with Crippen molar-refractivity contribution < 1.29 is 18.0 Å². The topological polar surface area (TPSA) is 45.2 Å². The van der Waals surface area contributed by atoms with Crippen molar-refractivity contribution in [3.63, 3.8) is 0 Å². The van der Waals surface area contributed by atoms with Crippen LogP contribution in [0.5, 0.6) is 0 Å². The van der Waals surface area contributed by atoms with Crippen LogP contribution < -0.4 is 10.2 Å². The van der Waals surface area contributed by atoms with Gasteiger partial charge in [0.1, 0.15) is 5.82 Å². The maximum atomic E-state index is 12.6. The third-order valence-corrected chi connectivity index (χ3v) is 4.69. The molecule has 1 atom stereocenters. The van der Waals surface area contributed by atoms with Crippen molar-refractivity contribution in [3.8, 4) is 0 Å². The van der Waals surface area contributed by atoms with Gasteiger partial charge in [-0.05, 0) is 55.7 Å². The smallest absolute Gasteiger partial charge is 0.354 e. The number of benzene rings is 1. The highest BCUT2D eigenvalue weighted by molar-refractivity contribution is 5.94.